The maximum Gasteiger partial charge on any atom is 0.325 e. The molecule has 82 valence electrons. The van der Waals surface area contributed by atoms with Gasteiger partial charge in [-0.05, 0) is 6.92 Å². The number of carbonyl (C=O) groups is 1. The molecule has 0 aliphatic carbocycles. The topological polar surface area (TPSA) is 53.0 Å². The molecule has 2 unspecified atom stereocenters. The highest BCUT2D eigenvalue weighted by Crippen LogP contribution is 2.15. The zero-order valence-corrected chi connectivity index (χ0v) is 8.93. The van der Waals surface area contributed by atoms with Crippen molar-refractivity contribution in [1.82, 2.24) is 10.0 Å². The van der Waals surface area contributed by atoms with Gasteiger partial charge < -0.3 is 9.84 Å². The highest BCUT2D eigenvalue weighted by atomic mass is 16.5. The molecule has 0 amide bonds. The highest BCUT2D eigenvalue weighted by molar-refractivity contribution is 5.74. The van der Waals surface area contributed by atoms with E-state index in [1.807, 2.05) is 24.0 Å². The van der Waals surface area contributed by atoms with Crippen molar-refractivity contribution in [3.8, 4) is 0 Å². The molecule has 1 aliphatic rings. The fraction of sp³-hybridized carbons (Fsp3) is 0.889. The molecule has 1 saturated heterocycles. The molecule has 1 heterocycles. The van der Waals surface area contributed by atoms with Crippen LogP contribution in [-0.4, -0.2) is 60.0 Å². The van der Waals surface area contributed by atoms with Gasteiger partial charge in [0, 0.05) is 20.1 Å². The lowest BCUT2D eigenvalue weighted by Gasteiger charge is -2.41. The molecule has 1 aliphatic heterocycles. The molecular formula is C9H18N2O3. The Hall–Kier alpha value is -0.650. The fourth-order valence-corrected chi connectivity index (χ4v) is 1.70. The third-order valence-electron chi connectivity index (χ3n) is 2.62. The van der Waals surface area contributed by atoms with Crippen LogP contribution in [0.2, 0.25) is 0 Å². The molecule has 0 radical (unpaired) electrons. The average Bonchev–Trinajstić information content (AvgIpc) is 2.15. The number of rotatable bonds is 3. The standard InChI is InChI=1S/C9H18N2O3/c1-4-10(3)11-5-6-14-7(2)8(11)9(12)13/h7-8H,4-6H2,1-3H3,(H,12,13). The lowest BCUT2D eigenvalue weighted by Crippen LogP contribution is -2.59. The van der Waals surface area contributed by atoms with Crippen LogP contribution in [-0.2, 0) is 9.53 Å². The van der Waals surface area contributed by atoms with Crippen LogP contribution in [0.3, 0.4) is 0 Å². The van der Waals surface area contributed by atoms with Gasteiger partial charge in [0.05, 0.1) is 12.7 Å². The van der Waals surface area contributed by atoms with E-state index < -0.39 is 12.0 Å². The van der Waals surface area contributed by atoms with Crippen LogP contribution < -0.4 is 0 Å². The van der Waals surface area contributed by atoms with Gasteiger partial charge in [-0.25, -0.2) is 10.0 Å². The van der Waals surface area contributed by atoms with Crippen molar-refractivity contribution in [1.29, 1.82) is 0 Å². The minimum atomic E-state index is -0.822. The summed E-state index contributed by atoms with van der Waals surface area (Å²) in [6, 6.07) is -0.561. The molecule has 0 bridgehead atoms. The number of hydrogen-bond donors (Lipinski definition) is 1. The third-order valence-corrected chi connectivity index (χ3v) is 2.62. The van der Waals surface area contributed by atoms with E-state index in [0.717, 1.165) is 6.54 Å². The minimum absolute atomic E-state index is 0.254. The Morgan fingerprint density at radius 1 is 1.71 bits per heavy atom. The van der Waals surface area contributed by atoms with Crippen molar-refractivity contribution in [3.05, 3.63) is 0 Å². The van der Waals surface area contributed by atoms with Crippen LogP contribution >= 0.6 is 0 Å². The molecule has 1 N–H and O–H groups in total. The molecule has 2 atom stereocenters. The number of hydrazine groups is 1. The van der Waals surface area contributed by atoms with Crippen molar-refractivity contribution in [2.75, 3.05) is 26.7 Å². The third kappa shape index (κ3) is 2.23. The highest BCUT2D eigenvalue weighted by Gasteiger charge is 2.36. The van der Waals surface area contributed by atoms with Crippen molar-refractivity contribution in [2.45, 2.75) is 26.0 Å². The zero-order chi connectivity index (χ0) is 10.7. The second-order valence-electron chi connectivity index (χ2n) is 3.50. The summed E-state index contributed by atoms with van der Waals surface area (Å²) in [5.41, 5.74) is 0. The van der Waals surface area contributed by atoms with E-state index in [-0.39, 0.29) is 6.10 Å². The second kappa shape index (κ2) is 4.72. The van der Waals surface area contributed by atoms with E-state index in [4.69, 9.17) is 9.84 Å². The van der Waals surface area contributed by atoms with Crippen molar-refractivity contribution in [3.63, 3.8) is 0 Å². The molecule has 5 heteroatoms. The number of morpholine rings is 1. The predicted molar refractivity (Wildman–Crippen MR) is 51.8 cm³/mol. The van der Waals surface area contributed by atoms with E-state index in [2.05, 4.69) is 0 Å². The second-order valence-corrected chi connectivity index (χ2v) is 3.50. The van der Waals surface area contributed by atoms with Gasteiger partial charge in [0.1, 0.15) is 6.04 Å². The normalized spacial score (nSPS) is 29.4. The first-order chi connectivity index (χ1) is 6.57. The Kier molecular flexibility index (Phi) is 3.86. The van der Waals surface area contributed by atoms with Crippen LogP contribution in [0, 0.1) is 0 Å². The molecule has 0 saturated carbocycles. The summed E-state index contributed by atoms with van der Waals surface area (Å²) in [5.74, 6) is -0.822. The first kappa shape index (κ1) is 11.4. The Bertz CT molecular complexity index is 210. The van der Waals surface area contributed by atoms with Crippen LogP contribution in [0.5, 0.6) is 0 Å². The molecular weight excluding hydrogens is 184 g/mol. The lowest BCUT2D eigenvalue weighted by atomic mass is 10.1. The van der Waals surface area contributed by atoms with Gasteiger partial charge in [0.25, 0.3) is 0 Å². The Morgan fingerprint density at radius 2 is 2.36 bits per heavy atom. The van der Waals surface area contributed by atoms with Gasteiger partial charge in [-0.2, -0.15) is 0 Å². The number of carboxylic acid groups (broad SMARTS) is 1. The largest absolute Gasteiger partial charge is 0.480 e. The van der Waals surface area contributed by atoms with Crippen LogP contribution in [0.4, 0.5) is 0 Å². The molecule has 1 fully saturated rings. The van der Waals surface area contributed by atoms with E-state index >= 15 is 0 Å². The van der Waals surface area contributed by atoms with Gasteiger partial charge in [0.2, 0.25) is 0 Å². The number of aliphatic carboxylic acids is 1. The van der Waals surface area contributed by atoms with E-state index in [0.29, 0.717) is 13.2 Å². The smallest absolute Gasteiger partial charge is 0.325 e. The number of carboxylic acids is 1. The van der Waals surface area contributed by atoms with Crippen molar-refractivity contribution >= 4 is 5.97 Å². The van der Waals surface area contributed by atoms with E-state index in [1.54, 1.807) is 6.92 Å². The summed E-state index contributed by atoms with van der Waals surface area (Å²) in [6.07, 6.45) is -0.254. The molecule has 5 nitrogen and oxygen atoms in total. The van der Waals surface area contributed by atoms with Crippen LogP contribution in [0.1, 0.15) is 13.8 Å². The van der Waals surface area contributed by atoms with Gasteiger partial charge in [-0.1, -0.05) is 6.92 Å². The fourth-order valence-electron chi connectivity index (χ4n) is 1.70. The van der Waals surface area contributed by atoms with Crippen molar-refractivity contribution in [2.24, 2.45) is 0 Å². The van der Waals surface area contributed by atoms with E-state index in [9.17, 15) is 4.79 Å². The Balaban J connectivity index is 2.74. The van der Waals surface area contributed by atoms with E-state index in [1.165, 1.54) is 0 Å². The summed E-state index contributed by atoms with van der Waals surface area (Å²) in [6.45, 7) is 5.84. The van der Waals surface area contributed by atoms with Crippen LogP contribution in [0.15, 0.2) is 0 Å². The molecule has 0 spiro atoms. The average molecular weight is 202 g/mol. The maximum atomic E-state index is 11.0. The lowest BCUT2D eigenvalue weighted by molar-refractivity contribution is -0.179. The van der Waals surface area contributed by atoms with Gasteiger partial charge in [0.15, 0.2) is 0 Å². The molecule has 0 aromatic heterocycles. The summed E-state index contributed by atoms with van der Waals surface area (Å²) in [5, 5.41) is 12.9. The summed E-state index contributed by atoms with van der Waals surface area (Å²) >= 11 is 0. The predicted octanol–water partition coefficient (Wildman–Crippen LogP) is 0.0270. The molecule has 0 aromatic carbocycles. The Labute approximate surface area is 84.2 Å². The first-order valence-electron chi connectivity index (χ1n) is 4.90. The molecule has 1 rings (SSSR count). The quantitative estimate of drug-likeness (QED) is 0.699. The van der Waals surface area contributed by atoms with Gasteiger partial charge in [-0.3, -0.25) is 4.79 Å². The number of hydrogen-bond acceptors (Lipinski definition) is 4. The Morgan fingerprint density at radius 3 is 2.86 bits per heavy atom. The maximum absolute atomic E-state index is 11.0. The molecule has 14 heavy (non-hydrogen) atoms. The molecule has 0 aromatic rings. The number of nitrogens with zero attached hydrogens (tertiary/aromatic N) is 2. The minimum Gasteiger partial charge on any atom is -0.480 e. The number of ether oxygens (including phenoxy) is 1. The van der Waals surface area contributed by atoms with Crippen LogP contribution in [0.25, 0.3) is 0 Å². The summed E-state index contributed by atoms with van der Waals surface area (Å²) < 4.78 is 5.33. The summed E-state index contributed by atoms with van der Waals surface area (Å²) in [7, 11) is 1.90. The monoisotopic (exact) mass is 202 g/mol. The SMILES string of the molecule is CCN(C)N1CCOC(C)C1C(=O)O. The van der Waals surface area contributed by atoms with Gasteiger partial charge in [-0.15, -0.1) is 0 Å². The first-order valence-corrected chi connectivity index (χ1v) is 4.90. The van der Waals surface area contributed by atoms with Crippen molar-refractivity contribution < 1.29 is 14.6 Å². The summed E-state index contributed by atoms with van der Waals surface area (Å²) in [4.78, 5) is 11.0. The van der Waals surface area contributed by atoms with Gasteiger partial charge >= 0.3 is 5.97 Å². The zero-order valence-electron chi connectivity index (χ0n) is 8.93.